The van der Waals surface area contributed by atoms with Crippen molar-refractivity contribution in [1.82, 2.24) is 10.3 Å². The van der Waals surface area contributed by atoms with Crippen molar-refractivity contribution in [2.24, 2.45) is 0 Å². The number of hydrogen-bond donors (Lipinski definition) is 1. The van der Waals surface area contributed by atoms with E-state index < -0.39 is 0 Å². The fourth-order valence-electron chi connectivity index (χ4n) is 1.51. The zero-order valence-corrected chi connectivity index (χ0v) is 9.92. The number of thiazole rings is 1. The summed E-state index contributed by atoms with van der Waals surface area (Å²) in [6.07, 6.45) is 0.537. The van der Waals surface area contributed by atoms with Crippen LogP contribution < -0.4 is 5.32 Å². The zero-order chi connectivity index (χ0) is 11.4. The summed E-state index contributed by atoms with van der Waals surface area (Å²) in [4.78, 5) is 4.56. The van der Waals surface area contributed by atoms with Crippen molar-refractivity contribution < 1.29 is 0 Å². The van der Waals surface area contributed by atoms with Gasteiger partial charge in [0.15, 0.2) is 0 Å². The van der Waals surface area contributed by atoms with Crippen LogP contribution in [-0.2, 0) is 0 Å². The lowest BCUT2D eigenvalue weighted by atomic mass is 10.3. The summed E-state index contributed by atoms with van der Waals surface area (Å²) in [5.41, 5.74) is 1.05. The van der Waals surface area contributed by atoms with Crippen LogP contribution in [0.5, 0.6) is 0 Å². The molecule has 0 aliphatic heterocycles. The molecule has 3 nitrogen and oxygen atoms in total. The van der Waals surface area contributed by atoms with Crippen LogP contribution in [0.1, 0.15) is 24.4 Å². The Hall–Kier alpha value is -1.44. The maximum atomic E-state index is 8.46. The third-order valence-electron chi connectivity index (χ3n) is 2.37. The van der Waals surface area contributed by atoms with Gasteiger partial charge in [-0.3, -0.25) is 0 Å². The first-order valence-corrected chi connectivity index (χ1v) is 6.08. The number of hydrogen-bond acceptors (Lipinski definition) is 4. The number of nitrogens with one attached hydrogen (secondary N) is 1. The molecule has 1 heterocycles. The molecule has 2 rings (SSSR count). The second-order valence-electron chi connectivity index (χ2n) is 3.60. The molecular formula is C12H13N3S. The van der Waals surface area contributed by atoms with Crippen molar-refractivity contribution in [1.29, 1.82) is 5.26 Å². The molecule has 0 fully saturated rings. The van der Waals surface area contributed by atoms with E-state index >= 15 is 0 Å². The molecule has 0 radical (unpaired) electrons. The minimum atomic E-state index is 0.214. The van der Waals surface area contributed by atoms with E-state index in [1.54, 1.807) is 11.3 Å². The summed E-state index contributed by atoms with van der Waals surface area (Å²) in [5, 5.41) is 12.8. The summed E-state index contributed by atoms with van der Waals surface area (Å²) in [6.45, 7) is 2.79. The quantitative estimate of drug-likeness (QED) is 0.823. The summed E-state index contributed by atoms with van der Waals surface area (Å²) in [6, 6.07) is 10.5. The molecule has 1 N–H and O–H groups in total. The Kier molecular flexibility index (Phi) is 3.50. The van der Waals surface area contributed by atoms with Crippen molar-refractivity contribution in [3.63, 3.8) is 0 Å². The van der Waals surface area contributed by atoms with Gasteiger partial charge < -0.3 is 5.32 Å². The monoisotopic (exact) mass is 231 g/mol. The van der Waals surface area contributed by atoms with Gasteiger partial charge in [0, 0.05) is 13.0 Å². The van der Waals surface area contributed by atoms with Gasteiger partial charge in [-0.2, -0.15) is 5.26 Å². The standard InChI is InChI=1S/C12H13N3S/c1-9(14-8-4-7-13)12-15-10-5-2-3-6-11(10)16-12/h2-3,5-6,9,14H,4,8H2,1H3. The Bertz CT molecular complexity index is 479. The first kappa shape index (κ1) is 11.1. The molecule has 2 aromatic rings. The normalized spacial score (nSPS) is 12.5. The summed E-state index contributed by atoms with van der Waals surface area (Å²) < 4.78 is 1.21. The van der Waals surface area contributed by atoms with Gasteiger partial charge in [0.2, 0.25) is 0 Å². The van der Waals surface area contributed by atoms with Crippen LogP contribution in [0.2, 0.25) is 0 Å². The van der Waals surface area contributed by atoms with E-state index in [2.05, 4.69) is 29.4 Å². The maximum absolute atomic E-state index is 8.46. The van der Waals surface area contributed by atoms with Crippen LogP contribution in [0.25, 0.3) is 10.2 Å². The minimum absolute atomic E-state index is 0.214. The first-order chi connectivity index (χ1) is 7.81. The summed E-state index contributed by atoms with van der Waals surface area (Å²) in [5.74, 6) is 0. The molecule has 16 heavy (non-hydrogen) atoms. The number of para-hydroxylation sites is 1. The molecule has 1 aromatic carbocycles. The lowest BCUT2D eigenvalue weighted by Crippen LogP contribution is -2.19. The number of benzene rings is 1. The molecule has 0 aliphatic rings. The Labute approximate surface area is 98.7 Å². The highest BCUT2D eigenvalue weighted by molar-refractivity contribution is 7.18. The van der Waals surface area contributed by atoms with E-state index in [9.17, 15) is 0 Å². The number of rotatable bonds is 4. The van der Waals surface area contributed by atoms with E-state index in [1.807, 2.05) is 18.2 Å². The predicted octanol–water partition coefficient (Wildman–Crippen LogP) is 2.86. The van der Waals surface area contributed by atoms with Crippen LogP contribution in [0.3, 0.4) is 0 Å². The lowest BCUT2D eigenvalue weighted by Gasteiger charge is -2.08. The van der Waals surface area contributed by atoms with E-state index in [0.717, 1.165) is 10.5 Å². The molecule has 0 bridgehead atoms. The number of fused-ring (bicyclic) bond motifs is 1. The zero-order valence-electron chi connectivity index (χ0n) is 9.10. The van der Waals surface area contributed by atoms with E-state index in [1.165, 1.54) is 4.70 Å². The highest BCUT2D eigenvalue weighted by Gasteiger charge is 2.09. The Morgan fingerprint density at radius 3 is 3.06 bits per heavy atom. The summed E-state index contributed by atoms with van der Waals surface area (Å²) in [7, 11) is 0. The molecule has 0 aliphatic carbocycles. The van der Waals surface area contributed by atoms with E-state index in [-0.39, 0.29) is 6.04 Å². The average molecular weight is 231 g/mol. The van der Waals surface area contributed by atoms with Crippen molar-refractivity contribution in [2.75, 3.05) is 6.54 Å². The molecular weight excluding hydrogens is 218 g/mol. The fraction of sp³-hybridized carbons (Fsp3) is 0.333. The van der Waals surface area contributed by atoms with Crippen molar-refractivity contribution in [3.05, 3.63) is 29.3 Å². The smallest absolute Gasteiger partial charge is 0.111 e. The van der Waals surface area contributed by atoms with Crippen LogP contribution >= 0.6 is 11.3 Å². The highest BCUT2D eigenvalue weighted by atomic mass is 32.1. The van der Waals surface area contributed by atoms with Crippen LogP contribution in [0.15, 0.2) is 24.3 Å². The Morgan fingerprint density at radius 1 is 1.50 bits per heavy atom. The second-order valence-corrected chi connectivity index (χ2v) is 4.67. The van der Waals surface area contributed by atoms with E-state index in [0.29, 0.717) is 13.0 Å². The molecule has 0 spiro atoms. The molecule has 1 unspecified atom stereocenters. The average Bonchev–Trinajstić information content (AvgIpc) is 2.73. The number of nitrogens with zero attached hydrogens (tertiary/aromatic N) is 2. The van der Waals surface area contributed by atoms with Crippen LogP contribution in [-0.4, -0.2) is 11.5 Å². The van der Waals surface area contributed by atoms with Crippen molar-refractivity contribution >= 4 is 21.6 Å². The third-order valence-corrected chi connectivity index (χ3v) is 3.59. The largest absolute Gasteiger partial charge is 0.307 e. The number of aromatic nitrogens is 1. The molecule has 0 saturated heterocycles. The molecule has 1 atom stereocenters. The van der Waals surface area contributed by atoms with Gasteiger partial charge in [0.25, 0.3) is 0 Å². The Balaban J connectivity index is 2.11. The minimum Gasteiger partial charge on any atom is -0.307 e. The van der Waals surface area contributed by atoms with Crippen LogP contribution in [0.4, 0.5) is 0 Å². The van der Waals surface area contributed by atoms with Gasteiger partial charge in [-0.15, -0.1) is 11.3 Å². The number of nitriles is 1. The molecule has 1 aromatic heterocycles. The van der Waals surface area contributed by atoms with Gasteiger partial charge in [0.1, 0.15) is 5.01 Å². The predicted molar refractivity (Wildman–Crippen MR) is 66.3 cm³/mol. The second kappa shape index (κ2) is 5.06. The molecule has 0 saturated carbocycles. The topological polar surface area (TPSA) is 48.7 Å². The first-order valence-electron chi connectivity index (χ1n) is 5.27. The van der Waals surface area contributed by atoms with Crippen molar-refractivity contribution in [2.45, 2.75) is 19.4 Å². The molecule has 0 amide bonds. The SMILES string of the molecule is CC(NCCC#N)c1nc2ccccc2s1. The van der Waals surface area contributed by atoms with E-state index in [4.69, 9.17) is 5.26 Å². The Morgan fingerprint density at radius 2 is 2.31 bits per heavy atom. The lowest BCUT2D eigenvalue weighted by molar-refractivity contribution is 0.581. The highest BCUT2D eigenvalue weighted by Crippen LogP contribution is 2.25. The summed E-state index contributed by atoms with van der Waals surface area (Å²) >= 11 is 1.71. The van der Waals surface area contributed by atoms with Gasteiger partial charge in [-0.25, -0.2) is 4.98 Å². The maximum Gasteiger partial charge on any atom is 0.111 e. The van der Waals surface area contributed by atoms with Gasteiger partial charge in [-0.05, 0) is 19.1 Å². The fourth-order valence-corrected chi connectivity index (χ4v) is 2.50. The van der Waals surface area contributed by atoms with Crippen LogP contribution in [0, 0.1) is 11.3 Å². The van der Waals surface area contributed by atoms with Gasteiger partial charge >= 0.3 is 0 Å². The van der Waals surface area contributed by atoms with Gasteiger partial charge in [0.05, 0.1) is 22.3 Å². The van der Waals surface area contributed by atoms with Crippen molar-refractivity contribution in [3.8, 4) is 6.07 Å². The van der Waals surface area contributed by atoms with Gasteiger partial charge in [-0.1, -0.05) is 12.1 Å². The third kappa shape index (κ3) is 2.38. The molecule has 82 valence electrons. The molecule has 4 heteroatoms.